The minimum Gasteiger partial charge on any atom is -0.480 e. The zero-order valence-corrected chi connectivity index (χ0v) is 11.3. The smallest absolute Gasteiger partial charge is 0.326 e. The van der Waals surface area contributed by atoms with Gasteiger partial charge in [-0.3, -0.25) is 4.79 Å². The molecule has 1 aliphatic rings. The lowest BCUT2D eigenvalue weighted by atomic mass is 9.88. The van der Waals surface area contributed by atoms with Crippen LogP contribution in [0.5, 0.6) is 0 Å². The largest absolute Gasteiger partial charge is 0.480 e. The fourth-order valence-electron chi connectivity index (χ4n) is 2.08. The van der Waals surface area contributed by atoms with Gasteiger partial charge in [-0.15, -0.1) is 0 Å². The number of amides is 1. The van der Waals surface area contributed by atoms with Crippen molar-refractivity contribution < 1.29 is 14.7 Å². The van der Waals surface area contributed by atoms with Crippen LogP contribution in [0.25, 0.3) is 0 Å². The molecule has 17 heavy (non-hydrogen) atoms. The van der Waals surface area contributed by atoms with Crippen molar-refractivity contribution in [2.45, 2.75) is 44.6 Å². The van der Waals surface area contributed by atoms with Crippen molar-refractivity contribution in [2.75, 3.05) is 0 Å². The van der Waals surface area contributed by atoms with Crippen molar-refractivity contribution in [3.05, 3.63) is 11.1 Å². The Kier molecular flexibility index (Phi) is 5.68. The molecule has 0 unspecified atom stereocenters. The molecule has 2 N–H and O–H groups in total. The van der Waals surface area contributed by atoms with E-state index in [9.17, 15) is 9.59 Å². The molecular weight excluding hydrogens is 286 g/mol. The Bertz CT molecular complexity index is 311. The van der Waals surface area contributed by atoms with Gasteiger partial charge in [-0.2, -0.15) is 0 Å². The van der Waals surface area contributed by atoms with E-state index >= 15 is 0 Å². The van der Waals surface area contributed by atoms with Crippen molar-refractivity contribution >= 4 is 27.8 Å². The van der Waals surface area contributed by atoms with E-state index in [1.54, 1.807) is 0 Å². The third-order valence-electron chi connectivity index (χ3n) is 3.02. The second-order valence-electron chi connectivity index (χ2n) is 4.46. The predicted molar refractivity (Wildman–Crippen MR) is 68.8 cm³/mol. The van der Waals surface area contributed by atoms with Crippen molar-refractivity contribution in [1.29, 1.82) is 0 Å². The molecule has 1 aliphatic carbocycles. The van der Waals surface area contributed by atoms with Gasteiger partial charge in [0, 0.05) is 12.3 Å². The van der Waals surface area contributed by atoms with E-state index < -0.39 is 12.0 Å². The highest BCUT2D eigenvalue weighted by molar-refractivity contribution is 9.11. The highest BCUT2D eigenvalue weighted by Crippen LogP contribution is 2.24. The summed E-state index contributed by atoms with van der Waals surface area (Å²) in [4.78, 5) is 22.9. The Balaban J connectivity index is 2.50. The highest BCUT2D eigenvalue weighted by atomic mass is 79.9. The minimum atomic E-state index is -1.02. The number of nitrogens with one attached hydrogen (secondary N) is 1. The molecule has 4 nitrogen and oxygen atoms in total. The maximum atomic E-state index is 11.9. The van der Waals surface area contributed by atoms with Crippen molar-refractivity contribution in [3.63, 3.8) is 0 Å². The van der Waals surface area contributed by atoms with Gasteiger partial charge < -0.3 is 10.4 Å². The maximum Gasteiger partial charge on any atom is 0.326 e. The van der Waals surface area contributed by atoms with E-state index in [-0.39, 0.29) is 18.2 Å². The quantitative estimate of drug-likeness (QED) is 0.820. The molecule has 1 rings (SSSR count). The van der Waals surface area contributed by atoms with Crippen LogP contribution in [0.2, 0.25) is 0 Å². The van der Waals surface area contributed by atoms with Crippen LogP contribution in [0.15, 0.2) is 11.1 Å². The summed E-state index contributed by atoms with van der Waals surface area (Å²) in [5.41, 5.74) is 0. The zero-order chi connectivity index (χ0) is 12.8. The van der Waals surface area contributed by atoms with Crippen LogP contribution >= 0.6 is 15.9 Å². The van der Waals surface area contributed by atoms with Crippen LogP contribution in [0.4, 0.5) is 0 Å². The van der Waals surface area contributed by atoms with Gasteiger partial charge in [0.15, 0.2) is 0 Å². The molecule has 0 saturated heterocycles. The number of carboxylic acids is 1. The fraction of sp³-hybridized carbons (Fsp3) is 0.667. The molecule has 0 bridgehead atoms. The Morgan fingerprint density at radius 2 is 1.94 bits per heavy atom. The van der Waals surface area contributed by atoms with Crippen LogP contribution in [0.3, 0.4) is 0 Å². The molecule has 0 heterocycles. The third kappa shape index (κ3) is 4.89. The molecule has 96 valence electrons. The molecule has 5 heteroatoms. The summed E-state index contributed by atoms with van der Waals surface area (Å²) in [6.07, 6.45) is 5.24. The lowest BCUT2D eigenvalue weighted by Gasteiger charge is -2.23. The van der Waals surface area contributed by atoms with Gasteiger partial charge in [0.05, 0.1) is 0 Å². The van der Waals surface area contributed by atoms with Gasteiger partial charge in [0.25, 0.3) is 0 Å². The van der Waals surface area contributed by atoms with Crippen LogP contribution in [0.1, 0.15) is 38.5 Å². The number of carbonyl (C=O) groups excluding carboxylic acids is 1. The molecular formula is C12H18BrNO3. The lowest BCUT2D eigenvalue weighted by molar-refractivity contribution is -0.142. The summed E-state index contributed by atoms with van der Waals surface area (Å²) in [6.45, 7) is 3.60. The molecule has 0 radical (unpaired) electrons. The van der Waals surface area contributed by atoms with E-state index in [4.69, 9.17) is 5.11 Å². The number of hydrogen-bond acceptors (Lipinski definition) is 2. The molecule has 1 atom stereocenters. The van der Waals surface area contributed by atoms with E-state index in [0.717, 1.165) is 25.7 Å². The van der Waals surface area contributed by atoms with E-state index in [1.165, 1.54) is 6.42 Å². The first-order valence-electron chi connectivity index (χ1n) is 5.87. The third-order valence-corrected chi connectivity index (χ3v) is 3.34. The highest BCUT2D eigenvalue weighted by Gasteiger charge is 2.26. The van der Waals surface area contributed by atoms with Crippen LogP contribution in [0, 0.1) is 5.92 Å². The summed E-state index contributed by atoms with van der Waals surface area (Å²) in [5.74, 6) is -1.17. The lowest BCUT2D eigenvalue weighted by Crippen LogP contribution is -2.44. The Morgan fingerprint density at radius 3 is 2.41 bits per heavy atom. The predicted octanol–water partition coefficient (Wildman–Crippen LogP) is 2.43. The van der Waals surface area contributed by atoms with Crippen LogP contribution in [-0.4, -0.2) is 23.0 Å². The van der Waals surface area contributed by atoms with Gasteiger partial charge in [0.1, 0.15) is 6.04 Å². The van der Waals surface area contributed by atoms with Gasteiger partial charge >= 0.3 is 5.97 Å². The van der Waals surface area contributed by atoms with Crippen LogP contribution in [-0.2, 0) is 9.59 Å². The molecule has 0 aromatic heterocycles. The number of halogens is 1. The second-order valence-corrected chi connectivity index (χ2v) is 5.58. The van der Waals surface area contributed by atoms with Gasteiger partial charge in [0.2, 0.25) is 5.91 Å². The molecule has 0 aromatic rings. The van der Waals surface area contributed by atoms with Crippen molar-refractivity contribution in [3.8, 4) is 0 Å². The van der Waals surface area contributed by atoms with Gasteiger partial charge in [-0.1, -0.05) is 41.8 Å². The Labute approximate surface area is 110 Å². The van der Waals surface area contributed by atoms with E-state index in [2.05, 4.69) is 27.8 Å². The summed E-state index contributed by atoms with van der Waals surface area (Å²) in [7, 11) is 0. The summed E-state index contributed by atoms with van der Waals surface area (Å²) in [5, 5.41) is 11.6. The normalized spacial score (nSPS) is 18.4. The standard InChI is InChI=1S/C12H18BrNO3/c1-8(13)7-10(12(16)17)14-11(15)9-5-3-2-4-6-9/h9-10H,1-7H2,(H,14,15)(H,16,17)/t10-/m0/s1. The Hall–Kier alpha value is -0.840. The molecule has 0 aromatic carbocycles. The first-order valence-corrected chi connectivity index (χ1v) is 6.66. The van der Waals surface area contributed by atoms with Gasteiger partial charge in [-0.25, -0.2) is 4.79 Å². The summed E-state index contributed by atoms with van der Waals surface area (Å²) < 4.78 is 0.578. The number of rotatable bonds is 5. The first-order chi connectivity index (χ1) is 8.00. The number of carbonyl (C=O) groups is 2. The van der Waals surface area contributed by atoms with E-state index in [0.29, 0.717) is 4.48 Å². The molecule has 0 aliphatic heterocycles. The number of hydrogen-bond donors (Lipinski definition) is 2. The van der Waals surface area contributed by atoms with Crippen molar-refractivity contribution in [1.82, 2.24) is 5.32 Å². The topological polar surface area (TPSA) is 66.4 Å². The summed E-state index contributed by atoms with van der Waals surface area (Å²) in [6, 6.07) is -0.878. The molecule has 1 fully saturated rings. The monoisotopic (exact) mass is 303 g/mol. The average Bonchev–Trinajstić information content (AvgIpc) is 2.28. The summed E-state index contributed by atoms with van der Waals surface area (Å²) >= 11 is 3.12. The Morgan fingerprint density at radius 1 is 1.35 bits per heavy atom. The van der Waals surface area contributed by atoms with Crippen molar-refractivity contribution in [2.24, 2.45) is 5.92 Å². The SMILES string of the molecule is C=C(Br)C[C@H](NC(=O)C1CCCCC1)C(=O)O. The molecule has 0 spiro atoms. The molecule has 1 amide bonds. The zero-order valence-electron chi connectivity index (χ0n) is 9.75. The van der Waals surface area contributed by atoms with Gasteiger partial charge in [-0.05, 0) is 17.3 Å². The second kappa shape index (κ2) is 6.79. The van der Waals surface area contributed by atoms with Crippen LogP contribution < -0.4 is 5.32 Å². The molecule has 1 saturated carbocycles. The average molecular weight is 304 g/mol. The maximum absolute atomic E-state index is 11.9. The first kappa shape index (κ1) is 14.2. The number of aliphatic carboxylic acids is 1. The fourth-order valence-corrected chi connectivity index (χ4v) is 2.40. The minimum absolute atomic E-state index is 0.0193. The van der Waals surface area contributed by atoms with E-state index in [1.807, 2.05) is 0 Å². The number of carboxylic acid groups (broad SMARTS) is 1.